The number of para-hydroxylation sites is 1. The van der Waals surface area contributed by atoms with Crippen molar-refractivity contribution in [1.29, 1.82) is 0 Å². The number of amides is 1. The van der Waals surface area contributed by atoms with E-state index in [1.54, 1.807) is 23.0 Å². The van der Waals surface area contributed by atoms with Crippen LogP contribution in [0.15, 0.2) is 47.4 Å². The Morgan fingerprint density at radius 1 is 1.29 bits per heavy atom. The van der Waals surface area contributed by atoms with Crippen molar-refractivity contribution >= 4 is 23.4 Å². The first kappa shape index (κ1) is 10.4. The van der Waals surface area contributed by atoms with E-state index >= 15 is 0 Å². The molecular formula is C10H10N2OS. The van der Waals surface area contributed by atoms with Gasteiger partial charge in [0.05, 0.1) is 5.51 Å². The van der Waals surface area contributed by atoms with Crippen molar-refractivity contribution in [3.05, 3.63) is 47.4 Å². The van der Waals surface area contributed by atoms with Gasteiger partial charge in [-0.05, 0) is 12.1 Å². The molecule has 1 amide bonds. The van der Waals surface area contributed by atoms with Crippen molar-refractivity contribution in [2.24, 2.45) is 0 Å². The summed E-state index contributed by atoms with van der Waals surface area (Å²) < 4.78 is 0. The summed E-state index contributed by atoms with van der Waals surface area (Å²) in [7, 11) is 0. The Hall–Kier alpha value is -1.68. The van der Waals surface area contributed by atoms with E-state index in [1.807, 2.05) is 35.7 Å². The Labute approximate surface area is 86.4 Å². The summed E-state index contributed by atoms with van der Waals surface area (Å²) >= 11 is 1.60. The molecule has 0 bridgehead atoms. The van der Waals surface area contributed by atoms with Crippen LogP contribution in [0.5, 0.6) is 0 Å². The zero-order valence-corrected chi connectivity index (χ0v) is 8.28. The standard InChI is InChI=1S/C7H7NO.C3H3NS/c9-6-8-7-4-2-1-3-5-7;1-2-5-3-4-1/h1-6H,(H,8,9);1-3H. The second-order valence-electron chi connectivity index (χ2n) is 2.30. The molecule has 0 spiro atoms. The van der Waals surface area contributed by atoms with Crippen molar-refractivity contribution in [3.8, 4) is 0 Å². The van der Waals surface area contributed by atoms with Crippen LogP contribution in [-0.2, 0) is 4.79 Å². The summed E-state index contributed by atoms with van der Waals surface area (Å²) in [4.78, 5) is 13.6. The number of carbonyl (C=O) groups is 1. The molecule has 0 fully saturated rings. The van der Waals surface area contributed by atoms with Gasteiger partial charge >= 0.3 is 0 Å². The highest BCUT2D eigenvalue weighted by atomic mass is 32.1. The first-order valence-corrected chi connectivity index (χ1v) is 4.95. The molecule has 3 nitrogen and oxygen atoms in total. The Kier molecular flexibility index (Phi) is 5.05. The van der Waals surface area contributed by atoms with Gasteiger partial charge in [-0.25, -0.2) is 0 Å². The molecule has 1 aromatic carbocycles. The van der Waals surface area contributed by atoms with Gasteiger partial charge < -0.3 is 5.32 Å². The average Bonchev–Trinajstić information content (AvgIpc) is 2.78. The van der Waals surface area contributed by atoms with E-state index in [9.17, 15) is 4.79 Å². The van der Waals surface area contributed by atoms with Crippen LogP contribution >= 0.6 is 11.3 Å². The topological polar surface area (TPSA) is 42.0 Å². The summed E-state index contributed by atoms with van der Waals surface area (Å²) in [6.07, 6.45) is 2.43. The molecule has 4 heteroatoms. The van der Waals surface area contributed by atoms with Crippen LogP contribution in [0.3, 0.4) is 0 Å². The average molecular weight is 206 g/mol. The fraction of sp³-hybridized carbons (Fsp3) is 0. The summed E-state index contributed by atoms with van der Waals surface area (Å²) in [6.45, 7) is 0. The van der Waals surface area contributed by atoms with Crippen LogP contribution in [0.25, 0.3) is 0 Å². The molecule has 2 aromatic rings. The monoisotopic (exact) mass is 206 g/mol. The molecule has 1 aromatic heterocycles. The molecule has 0 aliphatic carbocycles. The quantitative estimate of drug-likeness (QED) is 0.766. The van der Waals surface area contributed by atoms with Crippen LogP contribution < -0.4 is 5.32 Å². The summed E-state index contributed by atoms with van der Waals surface area (Å²) in [6, 6.07) is 9.29. The molecule has 72 valence electrons. The molecule has 0 radical (unpaired) electrons. The van der Waals surface area contributed by atoms with Gasteiger partial charge in [0.2, 0.25) is 6.41 Å². The molecular weight excluding hydrogens is 196 g/mol. The summed E-state index contributed by atoms with van der Waals surface area (Å²) in [5.41, 5.74) is 2.62. The minimum atomic E-state index is 0.662. The molecule has 0 unspecified atom stereocenters. The van der Waals surface area contributed by atoms with Gasteiger partial charge in [-0.15, -0.1) is 11.3 Å². The van der Waals surface area contributed by atoms with E-state index < -0.39 is 0 Å². The van der Waals surface area contributed by atoms with Gasteiger partial charge in [-0.2, -0.15) is 0 Å². The molecule has 0 atom stereocenters. The van der Waals surface area contributed by atoms with Crippen molar-refractivity contribution in [1.82, 2.24) is 4.98 Å². The maximum absolute atomic E-state index is 9.86. The SMILES string of the molecule is O=CNc1ccccc1.c1cscn1. The van der Waals surface area contributed by atoms with E-state index in [-0.39, 0.29) is 0 Å². The third kappa shape index (κ3) is 4.37. The molecule has 1 N–H and O–H groups in total. The van der Waals surface area contributed by atoms with Gasteiger partial charge in [0.15, 0.2) is 0 Å². The van der Waals surface area contributed by atoms with Gasteiger partial charge in [0, 0.05) is 17.3 Å². The Morgan fingerprint density at radius 3 is 2.50 bits per heavy atom. The number of nitrogens with zero attached hydrogens (tertiary/aromatic N) is 1. The summed E-state index contributed by atoms with van der Waals surface area (Å²) in [5, 5.41) is 4.46. The van der Waals surface area contributed by atoms with Crippen LogP contribution in [0.4, 0.5) is 5.69 Å². The maximum atomic E-state index is 9.86. The molecule has 0 saturated carbocycles. The lowest BCUT2D eigenvalue weighted by Crippen LogP contribution is -1.91. The third-order valence-electron chi connectivity index (χ3n) is 1.35. The smallest absolute Gasteiger partial charge is 0.211 e. The Bertz CT molecular complexity index is 317. The highest BCUT2D eigenvalue weighted by molar-refractivity contribution is 7.07. The molecule has 1 heterocycles. The van der Waals surface area contributed by atoms with Crippen LogP contribution in [0.1, 0.15) is 0 Å². The van der Waals surface area contributed by atoms with E-state index in [0.29, 0.717) is 6.41 Å². The minimum absolute atomic E-state index is 0.662. The highest BCUT2D eigenvalue weighted by Crippen LogP contribution is 2.01. The molecule has 0 aliphatic heterocycles. The number of rotatable bonds is 2. The van der Waals surface area contributed by atoms with Gasteiger partial charge in [-0.3, -0.25) is 9.78 Å². The first-order valence-electron chi connectivity index (χ1n) is 4.01. The Balaban J connectivity index is 0.000000165. The van der Waals surface area contributed by atoms with Crippen LogP contribution in [0, 0.1) is 0 Å². The summed E-state index contributed by atoms with van der Waals surface area (Å²) in [5.74, 6) is 0. The fourth-order valence-corrected chi connectivity index (χ4v) is 1.13. The number of hydrogen-bond donors (Lipinski definition) is 1. The first-order chi connectivity index (χ1) is 6.93. The number of aromatic nitrogens is 1. The number of thiazole rings is 1. The minimum Gasteiger partial charge on any atom is -0.329 e. The maximum Gasteiger partial charge on any atom is 0.211 e. The van der Waals surface area contributed by atoms with E-state index in [0.717, 1.165) is 5.69 Å². The third-order valence-corrected chi connectivity index (χ3v) is 1.87. The van der Waals surface area contributed by atoms with E-state index in [4.69, 9.17) is 0 Å². The van der Waals surface area contributed by atoms with E-state index in [2.05, 4.69) is 10.3 Å². The van der Waals surface area contributed by atoms with Crippen LogP contribution in [-0.4, -0.2) is 11.4 Å². The second kappa shape index (κ2) is 6.80. The normalized spacial score (nSPS) is 8.29. The Morgan fingerprint density at radius 2 is 2.07 bits per heavy atom. The van der Waals surface area contributed by atoms with Gasteiger partial charge in [0.1, 0.15) is 0 Å². The van der Waals surface area contributed by atoms with Gasteiger partial charge in [0.25, 0.3) is 0 Å². The molecule has 2 rings (SSSR count). The van der Waals surface area contributed by atoms with Crippen molar-refractivity contribution in [2.45, 2.75) is 0 Å². The molecule has 0 aliphatic rings. The predicted octanol–water partition coefficient (Wildman–Crippen LogP) is 2.40. The lowest BCUT2D eigenvalue weighted by molar-refractivity contribution is -0.105. The van der Waals surface area contributed by atoms with Crippen molar-refractivity contribution in [2.75, 3.05) is 5.32 Å². The largest absolute Gasteiger partial charge is 0.329 e. The zero-order valence-electron chi connectivity index (χ0n) is 7.46. The van der Waals surface area contributed by atoms with Crippen LogP contribution in [0.2, 0.25) is 0 Å². The van der Waals surface area contributed by atoms with Crippen molar-refractivity contribution < 1.29 is 4.79 Å². The molecule has 0 saturated heterocycles. The zero-order chi connectivity index (χ0) is 10.1. The second-order valence-corrected chi connectivity index (χ2v) is 3.06. The number of nitrogens with one attached hydrogen (secondary N) is 1. The number of benzene rings is 1. The predicted molar refractivity (Wildman–Crippen MR) is 58.2 cm³/mol. The van der Waals surface area contributed by atoms with Gasteiger partial charge in [-0.1, -0.05) is 18.2 Å². The fourth-order valence-electron chi connectivity index (χ4n) is 0.778. The lowest BCUT2D eigenvalue weighted by Gasteiger charge is -1.93. The number of hydrogen-bond acceptors (Lipinski definition) is 3. The number of carbonyl (C=O) groups excluding carboxylic acids is 1. The highest BCUT2D eigenvalue weighted by Gasteiger charge is 1.81. The lowest BCUT2D eigenvalue weighted by atomic mass is 10.3. The number of anilines is 1. The van der Waals surface area contributed by atoms with E-state index in [1.165, 1.54) is 0 Å². The molecule has 14 heavy (non-hydrogen) atoms. The van der Waals surface area contributed by atoms with Crippen molar-refractivity contribution in [3.63, 3.8) is 0 Å².